The summed E-state index contributed by atoms with van der Waals surface area (Å²) in [6.45, 7) is 7.04. The van der Waals surface area contributed by atoms with Crippen LogP contribution in [0.1, 0.15) is 44.1 Å². The number of nitrogens with one attached hydrogen (secondary N) is 1. The van der Waals surface area contributed by atoms with Gasteiger partial charge in [-0.3, -0.25) is 9.48 Å². The van der Waals surface area contributed by atoms with Crippen LogP contribution in [0, 0.1) is 0 Å². The van der Waals surface area contributed by atoms with E-state index in [9.17, 15) is 18.3 Å². The van der Waals surface area contributed by atoms with Crippen molar-refractivity contribution < 1.29 is 27.8 Å². The Balaban J connectivity index is 1.86. The molecule has 3 aromatic rings. The number of anilines is 1. The van der Waals surface area contributed by atoms with Gasteiger partial charge in [-0.1, -0.05) is 6.92 Å². The average molecular weight is 488 g/mol. The smallest absolute Gasteiger partial charge is 0.257 e. The lowest BCUT2D eigenvalue weighted by Gasteiger charge is -2.15. The molecular formula is C24H29N3O6S. The summed E-state index contributed by atoms with van der Waals surface area (Å²) >= 11 is 0. The lowest BCUT2D eigenvalue weighted by Crippen LogP contribution is -2.17. The molecule has 0 saturated heterocycles. The fraction of sp³-hybridized carbons (Fsp3) is 0.333. The van der Waals surface area contributed by atoms with E-state index in [0.717, 1.165) is 0 Å². The van der Waals surface area contributed by atoms with Gasteiger partial charge in [-0.2, -0.15) is 5.10 Å². The van der Waals surface area contributed by atoms with Crippen LogP contribution in [0.25, 0.3) is 0 Å². The van der Waals surface area contributed by atoms with E-state index in [0.29, 0.717) is 23.1 Å². The van der Waals surface area contributed by atoms with Gasteiger partial charge in [0.15, 0.2) is 15.7 Å². The average Bonchev–Trinajstić information content (AvgIpc) is 3.28. The Kier molecular flexibility index (Phi) is 7.95. The van der Waals surface area contributed by atoms with Crippen molar-refractivity contribution in [1.29, 1.82) is 0 Å². The van der Waals surface area contributed by atoms with Crippen LogP contribution in [0.15, 0.2) is 59.6 Å². The monoisotopic (exact) mass is 487 g/mol. The molecule has 10 heteroatoms. The van der Waals surface area contributed by atoms with Gasteiger partial charge in [0.1, 0.15) is 23.4 Å². The van der Waals surface area contributed by atoms with E-state index < -0.39 is 21.8 Å². The molecule has 0 saturated carbocycles. The van der Waals surface area contributed by atoms with Gasteiger partial charge < -0.3 is 19.9 Å². The molecule has 182 valence electrons. The Morgan fingerprint density at radius 2 is 1.74 bits per heavy atom. The summed E-state index contributed by atoms with van der Waals surface area (Å²) in [5.41, 5.74) is 0.266. The molecule has 1 heterocycles. The molecule has 0 radical (unpaired) electrons. The molecule has 1 aromatic heterocycles. The highest BCUT2D eigenvalue weighted by Crippen LogP contribution is 2.29. The van der Waals surface area contributed by atoms with Crippen LogP contribution in [0.3, 0.4) is 0 Å². The molecule has 3 rings (SSSR count). The van der Waals surface area contributed by atoms with Crippen molar-refractivity contribution in [2.24, 2.45) is 0 Å². The molecule has 0 bridgehead atoms. The van der Waals surface area contributed by atoms with Gasteiger partial charge in [0, 0.05) is 29.9 Å². The highest BCUT2D eigenvalue weighted by molar-refractivity contribution is 7.91. The lowest BCUT2D eigenvalue weighted by atomic mass is 10.2. The molecule has 2 N–H and O–H groups in total. The van der Waals surface area contributed by atoms with Gasteiger partial charge in [0.2, 0.25) is 0 Å². The van der Waals surface area contributed by atoms with Crippen molar-refractivity contribution in [3.8, 4) is 17.2 Å². The minimum Gasteiger partial charge on any atom is -0.488 e. The van der Waals surface area contributed by atoms with Crippen molar-refractivity contribution in [1.82, 2.24) is 9.78 Å². The second kappa shape index (κ2) is 10.7. The number of aliphatic hydroxyl groups excluding tert-OH is 1. The molecule has 34 heavy (non-hydrogen) atoms. The Morgan fingerprint density at radius 1 is 1.06 bits per heavy atom. The van der Waals surface area contributed by atoms with Gasteiger partial charge in [0.05, 0.1) is 17.3 Å². The first-order chi connectivity index (χ1) is 16.1. The van der Waals surface area contributed by atoms with E-state index in [4.69, 9.17) is 9.47 Å². The third kappa shape index (κ3) is 6.36. The Bertz CT molecular complexity index is 1240. The zero-order valence-corrected chi connectivity index (χ0v) is 20.4. The van der Waals surface area contributed by atoms with Crippen LogP contribution in [0.4, 0.5) is 5.82 Å². The Morgan fingerprint density at radius 3 is 2.32 bits per heavy atom. The van der Waals surface area contributed by atoms with Crippen molar-refractivity contribution in [2.75, 3.05) is 17.7 Å². The number of nitrogens with zero attached hydrogens (tertiary/aromatic N) is 2. The SMILES string of the molecule is CCS(=O)(=O)c1ccc(Oc2cc(OC(C)CO)cc(C(=O)Nc3ccn(C(C)C)n3)c2)cc1. The zero-order valence-electron chi connectivity index (χ0n) is 19.6. The predicted molar refractivity (Wildman–Crippen MR) is 128 cm³/mol. The molecule has 0 spiro atoms. The number of aromatic nitrogens is 2. The highest BCUT2D eigenvalue weighted by atomic mass is 32.2. The quantitative estimate of drug-likeness (QED) is 0.442. The fourth-order valence-electron chi connectivity index (χ4n) is 3.00. The molecule has 9 nitrogen and oxygen atoms in total. The maximum Gasteiger partial charge on any atom is 0.257 e. The zero-order chi connectivity index (χ0) is 24.9. The molecule has 1 atom stereocenters. The van der Waals surface area contributed by atoms with E-state index in [2.05, 4.69) is 10.4 Å². The van der Waals surface area contributed by atoms with Gasteiger partial charge in [0.25, 0.3) is 5.91 Å². The van der Waals surface area contributed by atoms with Crippen LogP contribution in [-0.4, -0.2) is 47.7 Å². The number of hydrogen-bond donors (Lipinski definition) is 2. The van der Waals surface area contributed by atoms with Crippen LogP contribution in [0.5, 0.6) is 17.2 Å². The normalized spacial score (nSPS) is 12.4. The van der Waals surface area contributed by atoms with Crippen molar-refractivity contribution in [2.45, 2.75) is 44.7 Å². The maximum absolute atomic E-state index is 12.9. The minimum absolute atomic E-state index is 0.00348. The van der Waals surface area contributed by atoms with Crippen LogP contribution < -0.4 is 14.8 Å². The summed E-state index contributed by atoms with van der Waals surface area (Å²) in [6, 6.07) is 12.6. The number of sulfone groups is 1. The van der Waals surface area contributed by atoms with E-state index in [-0.39, 0.29) is 28.9 Å². The van der Waals surface area contributed by atoms with Crippen LogP contribution in [0.2, 0.25) is 0 Å². The van der Waals surface area contributed by atoms with E-state index in [1.54, 1.807) is 61.1 Å². The summed E-state index contributed by atoms with van der Waals surface area (Å²) in [5, 5.41) is 16.4. The number of aliphatic hydroxyl groups is 1. The Hall–Kier alpha value is -3.37. The van der Waals surface area contributed by atoms with Crippen molar-refractivity contribution in [3.63, 3.8) is 0 Å². The second-order valence-electron chi connectivity index (χ2n) is 8.01. The number of hydrogen-bond acceptors (Lipinski definition) is 7. The number of benzene rings is 2. The summed E-state index contributed by atoms with van der Waals surface area (Å²) in [6.07, 6.45) is 1.28. The number of carbonyl (C=O) groups is 1. The molecule has 0 aliphatic rings. The van der Waals surface area contributed by atoms with Gasteiger partial charge >= 0.3 is 0 Å². The maximum atomic E-state index is 12.9. The topological polar surface area (TPSA) is 120 Å². The summed E-state index contributed by atoms with van der Waals surface area (Å²) in [4.78, 5) is 13.1. The first-order valence-electron chi connectivity index (χ1n) is 10.9. The van der Waals surface area contributed by atoms with Crippen LogP contribution >= 0.6 is 0 Å². The molecule has 2 aromatic carbocycles. The molecule has 1 amide bonds. The van der Waals surface area contributed by atoms with Crippen LogP contribution in [-0.2, 0) is 9.84 Å². The number of ether oxygens (including phenoxy) is 2. The number of carbonyl (C=O) groups excluding carboxylic acids is 1. The Labute approximate surface area is 199 Å². The standard InChI is InChI=1S/C24H29N3O6S/c1-5-34(30,31)22-8-6-19(7-9-22)33-21-13-18(12-20(14-21)32-17(4)15-28)24(29)25-23-10-11-27(26-23)16(2)3/h6-14,16-17,28H,5,15H2,1-4H3,(H,25,26,29). The second-order valence-corrected chi connectivity index (χ2v) is 10.3. The first kappa shape index (κ1) is 25.3. The third-order valence-corrected chi connectivity index (χ3v) is 6.66. The molecule has 0 aliphatic heterocycles. The molecule has 0 fully saturated rings. The molecule has 0 aliphatic carbocycles. The highest BCUT2D eigenvalue weighted by Gasteiger charge is 2.15. The third-order valence-electron chi connectivity index (χ3n) is 4.91. The predicted octanol–water partition coefficient (Wildman–Crippen LogP) is 4.06. The summed E-state index contributed by atoms with van der Waals surface area (Å²) in [5.74, 6) is 1.04. The van der Waals surface area contributed by atoms with Gasteiger partial charge in [-0.15, -0.1) is 0 Å². The molecule has 1 unspecified atom stereocenters. The summed E-state index contributed by atoms with van der Waals surface area (Å²) < 4.78 is 37.3. The number of rotatable bonds is 10. The lowest BCUT2D eigenvalue weighted by molar-refractivity contribution is 0.102. The van der Waals surface area contributed by atoms with Gasteiger partial charge in [-0.25, -0.2) is 8.42 Å². The fourth-order valence-corrected chi connectivity index (χ4v) is 3.88. The van der Waals surface area contributed by atoms with Crippen molar-refractivity contribution >= 4 is 21.6 Å². The van der Waals surface area contributed by atoms with Crippen molar-refractivity contribution in [3.05, 3.63) is 60.3 Å². The minimum atomic E-state index is -3.32. The number of amides is 1. The summed E-state index contributed by atoms with van der Waals surface area (Å²) in [7, 11) is -3.32. The van der Waals surface area contributed by atoms with E-state index >= 15 is 0 Å². The van der Waals surface area contributed by atoms with Gasteiger partial charge in [-0.05, 0) is 57.2 Å². The first-order valence-corrected chi connectivity index (χ1v) is 12.6. The van der Waals surface area contributed by atoms with E-state index in [1.165, 1.54) is 12.1 Å². The molecular weight excluding hydrogens is 458 g/mol. The largest absolute Gasteiger partial charge is 0.488 e. The van der Waals surface area contributed by atoms with E-state index in [1.807, 2.05) is 13.8 Å².